The molecule has 0 aliphatic rings. The molecule has 2 amide bonds. The first-order valence-electron chi connectivity index (χ1n) is 7.64. The summed E-state index contributed by atoms with van der Waals surface area (Å²) in [6.07, 6.45) is -0.795. The maximum atomic E-state index is 12.6. The minimum atomic E-state index is -0.795. The molecule has 0 aliphatic carbocycles. The van der Waals surface area contributed by atoms with Crippen LogP contribution in [0.2, 0.25) is 0 Å². The summed E-state index contributed by atoms with van der Waals surface area (Å²) in [4.78, 5) is 40.1. The van der Waals surface area contributed by atoms with E-state index < -0.39 is 12.0 Å². The maximum absolute atomic E-state index is 12.6. The summed E-state index contributed by atoms with van der Waals surface area (Å²) in [6.45, 7) is 2.47. The van der Waals surface area contributed by atoms with Crippen LogP contribution >= 0.6 is 11.8 Å². The third-order valence-electron chi connectivity index (χ3n) is 3.19. The fraction of sp³-hybridized carbons (Fsp3) is 0.375. The Balaban J connectivity index is 2.22. The van der Waals surface area contributed by atoms with Crippen molar-refractivity contribution in [2.24, 2.45) is 0 Å². The van der Waals surface area contributed by atoms with Gasteiger partial charge in [0.1, 0.15) is 0 Å². The van der Waals surface area contributed by atoms with Crippen LogP contribution in [0.15, 0.2) is 34.2 Å². The molecule has 0 radical (unpaired) electrons. The maximum Gasteiger partial charge on any atom is 0.413 e. The van der Waals surface area contributed by atoms with Gasteiger partial charge in [0.15, 0.2) is 5.16 Å². The Labute approximate surface area is 148 Å². The third kappa shape index (κ3) is 5.04. The van der Waals surface area contributed by atoms with Gasteiger partial charge in [0, 0.05) is 7.11 Å². The van der Waals surface area contributed by atoms with Crippen LogP contribution in [0.5, 0.6) is 0 Å². The number of carbonyl (C=O) groups excluding carboxylic acids is 2. The van der Waals surface area contributed by atoms with Crippen LogP contribution < -0.4 is 10.9 Å². The number of benzene rings is 1. The van der Waals surface area contributed by atoms with E-state index in [-0.39, 0.29) is 17.9 Å². The highest BCUT2D eigenvalue weighted by Crippen LogP contribution is 2.17. The second-order valence-corrected chi connectivity index (χ2v) is 5.86. The summed E-state index contributed by atoms with van der Waals surface area (Å²) in [5.74, 6) is -0.597. The second-order valence-electron chi connectivity index (χ2n) is 4.92. The number of thioether (sulfide) groups is 1. The Morgan fingerprint density at radius 1 is 1.32 bits per heavy atom. The van der Waals surface area contributed by atoms with E-state index in [1.165, 1.54) is 4.57 Å². The smallest absolute Gasteiger partial charge is 0.413 e. The lowest BCUT2D eigenvalue weighted by molar-refractivity contribution is -0.117. The molecule has 2 rings (SSSR count). The highest BCUT2D eigenvalue weighted by Gasteiger charge is 2.14. The van der Waals surface area contributed by atoms with E-state index in [1.807, 2.05) is 0 Å². The van der Waals surface area contributed by atoms with E-state index in [9.17, 15) is 14.4 Å². The summed E-state index contributed by atoms with van der Waals surface area (Å²) in [7, 11) is 1.54. The van der Waals surface area contributed by atoms with Crippen molar-refractivity contribution in [3.63, 3.8) is 0 Å². The van der Waals surface area contributed by atoms with Gasteiger partial charge in [-0.3, -0.25) is 19.5 Å². The number of nitrogens with zero attached hydrogens (tertiary/aromatic N) is 2. The summed E-state index contributed by atoms with van der Waals surface area (Å²) >= 11 is 1.07. The molecule has 9 heteroatoms. The molecule has 134 valence electrons. The lowest BCUT2D eigenvalue weighted by Gasteiger charge is -2.12. The molecule has 1 N–H and O–H groups in total. The van der Waals surface area contributed by atoms with E-state index in [4.69, 9.17) is 4.74 Å². The van der Waals surface area contributed by atoms with Crippen LogP contribution in [0.3, 0.4) is 0 Å². The number of ether oxygens (including phenoxy) is 2. The van der Waals surface area contributed by atoms with Crippen molar-refractivity contribution in [3.05, 3.63) is 34.6 Å². The molecule has 2 aromatic rings. The van der Waals surface area contributed by atoms with Crippen molar-refractivity contribution in [1.82, 2.24) is 14.9 Å². The highest BCUT2D eigenvalue weighted by atomic mass is 32.2. The van der Waals surface area contributed by atoms with E-state index in [1.54, 1.807) is 38.3 Å². The van der Waals surface area contributed by atoms with Gasteiger partial charge in [0.2, 0.25) is 5.91 Å². The highest BCUT2D eigenvalue weighted by molar-refractivity contribution is 7.99. The molecule has 0 saturated heterocycles. The monoisotopic (exact) mass is 365 g/mol. The fourth-order valence-corrected chi connectivity index (χ4v) is 2.91. The van der Waals surface area contributed by atoms with Gasteiger partial charge >= 0.3 is 6.09 Å². The topological polar surface area (TPSA) is 99.5 Å². The normalized spacial score (nSPS) is 10.6. The number of fused-ring (bicyclic) bond motifs is 1. The van der Waals surface area contributed by atoms with Crippen LogP contribution in [-0.4, -0.2) is 47.6 Å². The SMILES string of the molecule is CCOC(=O)NC(=O)CSc1nc2ccccc2c(=O)n1CCOC. The van der Waals surface area contributed by atoms with Gasteiger partial charge in [-0.05, 0) is 19.1 Å². The average molecular weight is 365 g/mol. The van der Waals surface area contributed by atoms with E-state index in [0.717, 1.165) is 11.8 Å². The largest absolute Gasteiger partial charge is 0.450 e. The van der Waals surface area contributed by atoms with Crippen LogP contribution in [0.1, 0.15) is 6.92 Å². The standard InChI is InChI=1S/C16H19N3O5S/c1-3-24-16(22)18-13(20)10-25-15-17-12-7-5-4-6-11(12)14(21)19(15)8-9-23-2/h4-7H,3,8-10H2,1-2H3,(H,18,20,22). The molecular weight excluding hydrogens is 346 g/mol. The van der Waals surface area contributed by atoms with E-state index >= 15 is 0 Å². The van der Waals surface area contributed by atoms with Gasteiger partial charge in [0.05, 0.1) is 36.4 Å². The quantitative estimate of drug-likeness (QED) is 0.585. The van der Waals surface area contributed by atoms with Gasteiger partial charge in [-0.2, -0.15) is 0 Å². The van der Waals surface area contributed by atoms with E-state index in [2.05, 4.69) is 15.0 Å². The number of alkyl carbamates (subject to hydrolysis) is 1. The molecule has 0 spiro atoms. The minimum Gasteiger partial charge on any atom is -0.450 e. The van der Waals surface area contributed by atoms with Gasteiger partial charge in [-0.15, -0.1) is 0 Å². The number of methoxy groups -OCH3 is 1. The molecule has 1 aromatic heterocycles. The van der Waals surface area contributed by atoms with Crippen molar-refractivity contribution < 1.29 is 19.1 Å². The first kappa shape index (κ1) is 18.9. The number of carbonyl (C=O) groups is 2. The lowest BCUT2D eigenvalue weighted by atomic mass is 10.2. The zero-order valence-corrected chi connectivity index (χ0v) is 14.8. The molecule has 0 atom stereocenters. The van der Waals surface area contributed by atoms with Crippen molar-refractivity contribution in [2.45, 2.75) is 18.6 Å². The summed E-state index contributed by atoms with van der Waals surface area (Å²) in [5, 5.41) is 2.99. The third-order valence-corrected chi connectivity index (χ3v) is 4.17. The minimum absolute atomic E-state index is 0.0728. The number of nitrogens with one attached hydrogen (secondary N) is 1. The summed E-state index contributed by atoms with van der Waals surface area (Å²) in [6, 6.07) is 7.00. The number of amides is 2. The predicted molar refractivity (Wildman–Crippen MR) is 93.8 cm³/mol. The Morgan fingerprint density at radius 3 is 2.80 bits per heavy atom. The number of hydrogen-bond acceptors (Lipinski definition) is 7. The fourth-order valence-electron chi connectivity index (χ4n) is 2.08. The molecule has 25 heavy (non-hydrogen) atoms. The van der Waals surface area contributed by atoms with Crippen molar-refractivity contribution in [2.75, 3.05) is 26.1 Å². The number of aromatic nitrogens is 2. The Morgan fingerprint density at radius 2 is 2.08 bits per heavy atom. The Hall–Kier alpha value is -2.39. The van der Waals surface area contributed by atoms with Crippen LogP contribution in [0.25, 0.3) is 10.9 Å². The molecular formula is C16H19N3O5S. The lowest BCUT2D eigenvalue weighted by Crippen LogP contribution is -2.32. The van der Waals surface area contributed by atoms with Crippen LogP contribution in [-0.2, 0) is 20.8 Å². The zero-order valence-electron chi connectivity index (χ0n) is 14.0. The summed E-state index contributed by atoms with van der Waals surface area (Å²) in [5.41, 5.74) is 0.352. The Kier molecular flexibility index (Phi) is 6.96. The van der Waals surface area contributed by atoms with Crippen LogP contribution in [0, 0.1) is 0 Å². The second kappa shape index (κ2) is 9.19. The molecule has 0 bridgehead atoms. The molecule has 1 heterocycles. The molecule has 8 nitrogen and oxygen atoms in total. The molecule has 1 aromatic carbocycles. The van der Waals surface area contributed by atoms with Gasteiger partial charge in [-0.1, -0.05) is 23.9 Å². The number of imide groups is 1. The van der Waals surface area contributed by atoms with Crippen molar-refractivity contribution >= 4 is 34.7 Å². The summed E-state index contributed by atoms with van der Waals surface area (Å²) < 4.78 is 11.2. The molecule has 0 saturated carbocycles. The Bertz CT molecular complexity index is 821. The van der Waals surface area contributed by atoms with Gasteiger partial charge < -0.3 is 9.47 Å². The number of para-hydroxylation sites is 1. The molecule has 0 fully saturated rings. The number of hydrogen-bond donors (Lipinski definition) is 1. The number of rotatable bonds is 7. The van der Waals surface area contributed by atoms with E-state index in [0.29, 0.717) is 29.2 Å². The predicted octanol–water partition coefficient (Wildman–Crippen LogP) is 1.41. The molecule has 0 unspecified atom stereocenters. The first-order chi connectivity index (χ1) is 12.1. The average Bonchev–Trinajstić information content (AvgIpc) is 2.59. The van der Waals surface area contributed by atoms with Gasteiger partial charge in [0.25, 0.3) is 5.56 Å². The first-order valence-corrected chi connectivity index (χ1v) is 8.63. The molecule has 0 aliphatic heterocycles. The van der Waals surface area contributed by atoms with Crippen molar-refractivity contribution in [3.8, 4) is 0 Å². The van der Waals surface area contributed by atoms with Crippen molar-refractivity contribution in [1.29, 1.82) is 0 Å². The van der Waals surface area contributed by atoms with Gasteiger partial charge in [-0.25, -0.2) is 9.78 Å². The van der Waals surface area contributed by atoms with Crippen LogP contribution in [0.4, 0.5) is 4.79 Å². The zero-order chi connectivity index (χ0) is 18.2.